The smallest absolute Gasteiger partial charge is 0.208 e. The fourth-order valence-electron chi connectivity index (χ4n) is 2.13. The Morgan fingerprint density at radius 3 is 2.32 bits per heavy atom. The topological polar surface area (TPSA) is 47.5 Å². The Balaban J connectivity index is 2.21. The number of ether oxygens (including phenoxy) is 2. The molecule has 22 heavy (non-hydrogen) atoms. The lowest BCUT2D eigenvalue weighted by atomic mass is 10.1. The van der Waals surface area contributed by atoms with E-state index in [4.69, 9.17) is 9.47 Å². The summed E-state index contributed by atoms with van der Waals surface area (Å²) < 4.78 is 10.7. The van der Waals surface area contributed by atoms with Crippen molar-refractivity contribution >= 4 is 16.5 Å². The zero-order valence-electron chi connectivity index (χ0n) is 14.0. The number of anilines is 1. The van der Waals surface area contributed by atoms with E-state index < -0.39 is 0 Å². The fourth-order valence-corrected chi connectivity index (χ4v) is 2.94. The molecule has 0 aliphatic rings. The third-order valence-corrected chi connectivity index (χ3v) is 4.84. The molecule has 2 aromatic rings. The van der Waals surface area contributed by atoms with Crippen molar-refractivity contribution in [2.45, 2.75) is 33.2 Å². The minimum absolute atomic E-state index is 0.405. The third kappa shape index (κ3) is 3.50. The standard InChI is InChI=1S/C16H23N3O2S/c1-10(2)15-17-18-16(22-15)19(4)9-12-8-14(21-6)13(20-5)7-11(12)3/h7-8,10H,9H2,1-6H3. The average molecular weight is 321 g/mol. The van der Waals surface area contributed by atoms with E-state index in [0.717, 1.165) is 33.7 Å². The van der Waals surface area contributed by atoms with Gasteiger partial charge in [0.1, 0.15) is 5.01 Å². The van der Waals surface area contributed by atoms with Gasteiger partial charge in [0.05, 0.1) is 14.2 Å². The summed E-state index contributed by atoms with van der Waals surface area (Å²) in [4.78, 5) is 2.11. The van der Waals surface area contributed by atoms with Crippen LogP contribution in [0, 0.1) is 6.92 Å². The second-order valence-corrected chi connectivity index (χ2v) is 6.55. The summed E-state index contributed by atoms with van der Waals surface area (Å²) in [5.74, 6) is 1.91. The molecule has 0 fully saturated rings. The first-order chi connectivity index (χ1) is 10.5. The number of benzene rings is 1. The Kier molecular flexibility index (Phi) is 5.24. The van der Waals surface area contributed by atoms with Crippen LogP contribution in [0.5, 0.6) is 11.5 Å². The molecule has 120 valence electrons. The maximum absolute atomic E-state index is 5.39. The highest BCUT2D eigenvalue weighted by Gasteiger charge is 2.14. The van der Waals surface area contributed by atoms with Crippen LogP contribution in [0.25, 0.3) is 0 Å². The number of rotatable bonds is 6. The molecule has 0 bridgehead atoms. The van der Waals surface area contributed by atoms with Gasteiger partial charge in [0.25, 0.3) is 0 Å². The lowest BCUT2D eigenvalue weighted by molar-refractivity contribution is 0.354. The lowest BCUT2D eigenvalue weighted by Crippen LogP contribution is -2.17. The molecule has 1 heterocycles. The van der Waals surface area contributed by atoms with Crippen molar-refractivity contribution < 1.29 is 9.47 Å². The van der Waals surface area contributed by atoms with Crippen LogP contribution in [0.1, 0.15) is 35.9 Å². The summed E-state index contributed by atoms with van der Waals surface area (Å²) in [6.07, 6.45) is 0. The van der Waals surface area contributed by atoms with Gasteiger partial charge in [0.2, 0.25) is 5.13 Å². The van der Waals surface area contributed by atoms with Crippen molar-refractivity contribution in [2.75, 3.05) is 26.2 Å². The summed E-state index contributed by atoms with van der Waals surface area (Å²) >= 11 is 1.64. The van der Waals surface area contributed by atoms with E-state index in [1.165, 1.54) is 5.56 Å². The molecule has 0 radical (unpaired) electrons. The average Bonchev–Trinajstić information content (AvgIpc) is 2.99. The van der Waals surface area contributed by atoms with Gasteiger partial charge < -0.3 is 14.4 Å². The second-order valence-electron chi connectivity index (χ2n) is 5.57. The summed E-state index contributed by atoms with van der Waals surface area (Å²) in [6, 6.07) is 4.02. The van der Waals surface area contributed by atoms with E-state index in [1.807, 2.05) is 19.2 Å². The largest absolute Gasteiger partial charge is 0.493 e. The Bertz CT molecular complexity index is 640. The Morgan fingerprint density at radius 2 is 1.77 bits per heavy atom. The first kappa shape index (κ1) is 16.5. The molecule has 0 aliphatic carbocycles. The fraction of sp³-hybridized carbons (Fsp3) is 0.500. The zero-order chi connectivity index (χ0) is 16.3. The minimum atomic E-state index is 0.405. The summed E-state index contributed by atoms with van der Waals surface area (Å²) in [5, 5.41) is 10.5. The molecule has 0 saturated carbocycles. The third-order valence-electron chi connectivity index (χ3n) is 3.50. The summed E-state index contributed by atoms with van der Waals surface area (Å²) in [6.45, 7) is 7.08. The lowest BCUT2D eigenvalue weighted by Gasteiger charge is -2.18. The minimum Gasteiger partial charge on any atom is -0.493 e. The van der Waals surface area contributed by atoms with Crippen LogP contribution >= 0.6 is 11.3 Å². The Hall–Kier alpha value is -1.82. The van der Waals surface area contributed by atoms with Gasteiger partial charge in [-0.3, -0.25) is 0 Å². The molecule has 6 heteroatoms. The van der Waals surface area contributed by atoms with Gasteiger partial charge >= 0.3 is 0 Å². The van der Waals surface area contributed by atoms with E-state index in [0.29, 0.717) is 5.92 Å². The van der Waals surface area contributed by atoms with Crippen molar-refractivity contribution in [2.24, 2.45) is 0 Å². The van der Waals surface area contributed by atoms with Crippen LogP contribution in [-0.2, 0) is 6.54 Å². The predicted octanol–water partition coefficient (Wildman–Crippen LogP) is 3.62. The van der Waals surface area contributed by atoms with Crippen molar-refractivity contribution in [3.8, 4) is 11.5 Å². The SMILES string of the molecule is COc1cc(C)c(CN(C)c2nnc(C(C)C)s2)cc1OC. The highest BCUT2D eigenvalue weighted by Crippen LogP contribution is 2.32. The molecule has 1 aromatic carbocycles. The zero-order valence-corrected chi connectivity index (χ0v) is 14.8. The first-order valence-electron chi connectivity index (χ1n) is 7.22. The van der Waals surface area contributed by atoms with Crippen LogP contribution in [0.15, 0.2) is 12.1 Å². The molecule has 5 nitrogen and oxygen atoms in total. The first-order valence-corrected chi connectivity index (χ1v) is 8.04. The number of aryl methyl sites for hydroxylation is 1. The molecule has 0 spiro atoms. The van der Waals surface area contributed by atoms with Crippen LogP contribution in [0.3, 0.4) is 0 Å². The molecular weight excluding hydrogens is 298 g/mol. The van der Waals surface area contributed by atoms with Crippen LogP contribution < -0.4 is 14.4 Å². The van der Waals surface area contributed by atoms with E-state index >= 15 is 0 Å². The van der Waals surface area contributed by atoms with Crippen LogP contribution in [0.4, 0.5) is 5.13 Å². The molecule has 0 N–H and O–H groups in total. The molecule has 0 saturated heterocycles. The molecule has 1 aromatic heterocycles. The molecule has 0 amide bonds. The highest BCUT2D eigenvalue weighted by molar-refractivity contribution is 7.15. The maximum Gasteiger partial charge on any atom is 0.208 e. The van der Waals surface area contributed by atoms with Gasteiger partial charge in [0.15, 0.2) is 11.5 Å². The molecule has 0 atom stereocenters. The van der Waals surface area contributed by atoms with Crippen LogP contribution in [-0.4, -0.2) is 31.5 Å². The van der Waals surface area contributed by atoms with E-state index in [1.54, 1.807) is 25.6 Å². The maximum atomic E-state index is 5.39. The number of aromatic nitrogens is 2. The van der Waals surface area contributed by atoms with Crippen molar-refractivity contribution in [1.82, 2.24) is 10.2 Å². The molecule has 0 aliphatic heterocycles. The highest BCUT2D eigenvalue weighted by atomic mass is 32.1. The Labute approximate surface area is 135 Å². The monoisotopic (exact) mass is 321 g/mol. The normalized spacial score (nSPS) is 10.9. The summed E-state index contributed by atoms with van der Waals surface area (Å²) in [7, 11) is 5.33. The summed E-state index contributed by atoms with van der Waals surface area (Å²) in [5.41, 5.74) is 2.35. The number of hydrogen-bond acceptors (Lipinski definition) is 6. The van der Waals surface area contributed by atoms with Gasteiger partial charge in [-0.2, -0.15) is 0 Å². The van der Waals surface area contributed by atoms with E-state index in [-0.39, 0.29) is 0 Å². The van der Waals surface area contributed by atoms with Crippen molar-refractivity contribution in [3.05, 3.63) is 28.3 Å². The molecule has 0 unspecified atom stereocenters. The predicted molar refractivity (Wildman–Crippen MR) is 90.4 cm³/mol. The van der Waals surface area contributed by atoms with Crippen LogP contribution in [0.2, 0.25) is 0 Å². The van der Waals surface area contributed by atoms with Crippen molar-refractivity contribution in [3.63, 3.8) is 0 Å². The molecule has 2 rings (SSSR count). The van der Waals surface area contributed by atoms with E-state index in [9.17, 15) is 0 Å². The van der Waals surface area contributed by atoms with E-state index in [2.05, 4.69) is 35.9 Å². The number of methoxy groups -OCH3 is 2. The van der Waals surface area contributed by atoms with Gasteiger partial charge in [-0.1, -0.05) is 25.2 Å². The quantitative estimate of drug-likeness (QED) is 0.813. The van der Waals surface area contributed by atoms with Crippen molar-refractivity contribution in [1.29, 1.82) is 0 Å². The number of nitrogens with zero attached hydrogens (tertiary/aromatic N) is 3. The van der Waals surface area contributed by atoms with Gasteiger partial charge in [-0.05, 0) is 30.2 Å². The van der Waals surface area contributed by atoms with Gasteiger partial charge in [0, 0.05) is 19.5 Å². The second kappa shape index (κ2) is 6.96. The Morgan fingerprint density at radius 1 is 1.14 bits per heavy atom. The molecular formula is C16H23N3O2S. The van der Waals surface area contributed by atoms with Gasteiger partial charge in [-0.15, -0.1) is 10.2 Å². The van der Waals surface area contributed by atoms with Gasteiger partial charge in [-0.25, -0.2) is 0 Å². The number of hydrogen-bond donors (Lipinski definition) is 0.